The predicted octanol–water partition coefficient (Wildman–Crippen LogP) is 3.08. The number of amides is 3. The molecule has 0 aromatic heterocycles. The van der Waals surface area contributed by atoms with Crippen LogP contribution >= 0.6 is 0 Å². The summed E-state index contributed by atoms with van der Waals surface area (Å²) in [4.78, 5) is 33.8. The van der Waals surface area contributed by atoms with E-state index in [0.29, 0.717) is 37.1 Å². The van der Waals surface area contributed by atoms with E-state index in [1.807, 2.05) is 4.90 Å². The highest BCUT2D eigenvalue weighted by Crippen LogP contribution is 2.41. The zero-order valence-corrected chi connectivity index (χ0v) is 25.9. The maximum atomic E-state index is 14.5. The van der Waals surface area contributed by atoms with Crippen LogP contribution in [0.15, 0.2) is 11.6 Å². The van der Waals surface area contributed by atoms with Crippen molar-refractivity contribution in [1.82, 2.24) is 25.3 Å². The Labute approximate surface area is 257 Å². The Morgan fingerprint density at radius 3 is 2.65 bits per heavy atom. The lowest BCUT2D eigenvalue weighted by molar-refractivity contribution is -0.139. The van der Waals surface area contributed by atoms with Gasteiger partial charge in [0.25, 0.3) is 0 Å². The molecule has 2 N–H and O–H groups in total. The number of hydrogen-bond donors (Lipinski definition) is 2. The highest BCUT2D eigenvalue weighted by molar-refractivity contribution is 5.80. The molecule has 8 atom stereocenters. The van der Waals surface area contributed by atoms with E-state index in [1.165, 1.54) is 31.3 Å². The predicted molar refractivity (Wildman–Crippen MR) is 162 cm³/mol. The van der Waals surface area contributed by atoms with Crippen molar-refractivity contribution in [2.75, 3.05) is 59.3 Å². The number of rotatable bonds is 8. The van der Waals surface area contributed by atoms with E-state index < -0.39 is 0 Å². The first-order valence-electron chi connectivity index (χ1n) is 17.4. The van der Waals surface area contributed by atoms with Gasteiger partial charge in [-0.05, 0) is 76.5 Å². The molecule has 0 aromatic rings. The van der Waals surface area contributed by atoms with Crippen LogP contribution in [-0.2, 0) is 19.0 Å². The Morgan fingerprint density at radius 2 is 1.86 bits per heavy atom. The minimum absolute atomic E-state index is 0.00176. The second kappa shape index (κ2) is 13.7. The maximum Gasteiger partial charge on any atom is 0.317 e. The van der Waals surface area contributed by atoms with Gasteiger partial charge in [-0.2, -0.15) is 0 Å². The number of urea groups is 1. The van der Waals surface area contributed by atoms with Crippen molar-refractivity contribution in [2.45, 2.75) is 108 Å². The first kappa shape index (κ1) is 30.0. The van der Waals surface area contributed by atoms with Crippen LogP contribution in [0.1, 0.15) is 77.0 Å². The van der Waals surface area contributed by atoms with Crippen LogP contribution in [0.25, 0.3) is 0 Å². The van der Waals surface area contributed by atoms with Crippen molar-refractivity contribution in [3.8, 4) is 0 Å². The lowest BCUT2D eigenvalue weighted by atomic mass is 9.72. The third kappa shape index (κ3) is 6.78. The number of carbonyl (C=O) groups excluding carboxylic acids is 2. The molecule has 43 heavy (non-hydrogen) atoms. The van der Waals surface area contributed by atoms with Crippen molar-refractivity contribution < 1.29 is 23.8 Å². The van der Waals surface area contributed by atoms with Gasteiger partial charge in [0, 0.05) is 63.2 Å². The molecule has 2 saturated carbocycles. The van der Waals surface area contributed by atoms with Gasteiger partial charge in [-0.25, -0.2) is 4.79 Å². The van der Waals surface area contributed by atoms with Crippen LogP contribution < -0.4 is 10.6 Å². The third-order valence-electron chi connectivity index (χ3n) is 11.6. The largest absolute Gasteiger partial charge is 0.379 e. The quantitative estimate of drug-likeness (QED) is 0.414. The van der Waals surface area contributed by atoms with Gasteiger partial charge in [0.15, 0.2) is 0 Å². The molecule has 4 aliphatic heterocycles. The summed E-state index contributed by atoms with van der Waals surface area (Å²) in [6, 6.07) is 0.645. The van der Waals surface area contributed by atoms with E-state index in [2.05, 4.69) is 26.5 Å². The van der Waals surface area contributed by atoms with Crippen molar-refractivity contribution in [1.29, 1.82) is 0 Å². The van der Waals surface area contributed by atoms with E-state index in [4.69, 9.17) is 14.2 Å². The molecule has 4 saturated heterocycles. The number of allylic oxidation sites excluding steroid dienone is 1. The molecule has 8 unspecified atom stereocenters. The molecule has 0 spiro atoms. The topological polar surface area (TPSA) is 95.6 Å². The summed E-state index contributed by atoms with van der Waals surface area (Å²) in [5, 5.41) is 7.07. The SMILES string of the molecule is O=C(C1CCCC(N2CCNC2=O)C1)N(CCC1=CCCCC1)CC1CC2CC3OCOC3CC2NC1N1CCOCC1. The van der Waals surface area contributed by atoms with Crippen LogP contribution in [0.5, 0.6) is 0 Å². The fourth-order valence-electron chi connectivity index (χ4n) is 9.29. The number of nitrogens with one attached hydrogen (secondary N) is 2. The van der Waals surface area contributed by atoms with Crippen LogP contribution in [0.4, 0.5) is 4.79 Å². The fraction of sp³-hybridized carbons (Fsp3) is 0.879. The summed E-state index contributed by atoms with van der Waals surface area (Å²) in [7, 11) is 0. The molecule has 3 amide bonds. The molecule has 4 heterocycles. The van der Waals surface area contributed by atoms with Gasteiger partial charge in [0.1, 0.15) is 6.79 Å². The summed E-state index contributed by atoms with van der Waals surface area (Å²) < 4.78 is 17.6. The average molecular weight is 600 g/mol. The Hall–Kier alpha value is -1.72. The highest BCUT2D eigenvalue weighted by atomic mass is 16.7. The van der Waals surface area contributed by atoms with Crippen LogP contribution in [-0.4, -0.2) is 116 Å². The van der Waals surface area contributed by atoms with Crippen molar-refractivity contribution >= 4 is 11.9 Å². The van der Waals surface area contributed by atoms with Crippen molar-refractivity contribution in [2.24, 2.45) is 17.8 Å². The number of carbonyl (C=O) groups is 2. The monoisotopic (exact) mass is 599 g/mol. The molecular formula is C33H53N5O5. The van der Waals surface area contributed by atoms with E-state index in [9.17, 15) is 9.59 Å². The van der Waals surface area contributed by atoms with Gasteiger partial charge < -0.3 is 29.3 Å². The summed E-state index contributed by atoms with van der Waals surface area (Å²) >= 11 is 0. The van der Waals surface area contributed by atoms with Gasteiger partial charge in [0.2, 0.25) is 5.91 Å². The van der Waals surface area contributed by atoms with Gasteiger partial charge >= 0.3 is 6.03 Å². The Balaban J connectivity index is 1.09. The Morgan fingerprint density at radius 1 is 1.00 bits per heavy atom. The molecule has 7 aliphatic rings. The Bertz CT molecular complexity index is 1020. The third-order valence-corrected chi connectivity index (χ3v) is 11.6. The first-order valence-corrected chi connectivity index (χ1v) is 17.4. The lowest BCUT2D eigenvalue weighted by Crippen LogP contribution is -2.65. The van der Waals surface area contributed by atoms with Crippen LogP contribution in [0.2, 0.25) is 0 Å². The molecule has 3 aliphatic carbocycles. The number of morpholine rings is 1. The maximum absolute atomic E-state index is 14.5. The minimum atomic E-state index is -0.00176. The summed E-state index contributed by atoms with van der Waals surface area (Å²) in [6.07, 6.45) is 15.9. The first-order chi connectivity index (χ1) is 21.1. The molecule has 7 rings (SSSR count). The van der Waals surface area contributed by atoms with Crippen LogP contribution in [0, 0.1) is 17.8 Å². The standard InChI is InChI=1S/C33H53N5O5/c39-32(24-7-4-8-27(18-24)38-12-10-34-33(38)40)37(11-9-23-5-2-1-3-6-23)21-26-17-25-19-29-30(43-22-42-29)20-28(25)35-31(26)36-13-15-41-16-14-36/h5,24-31,35H,1-4,6-22H2,(H,34,40). The highest BCUT2D eigenvalue weighted by Gasteiger charge is 2.48. The molecule has 10 heteroatoms. The summed E-state index contributed by atoms with van der Waals surface area (Å²) in [5.41, 5.74) is 1.53. The van der Waals surface area contributed by atoms with E-state index in [1.54, 1.807) is 0 Å². The van der Waals surface area contributed by atoms with Crippen LogP contribution in [0.3, 0.4) is 0 Å². The number of piperidine rings is 1. The molecule has 240 valence electrons. The van der Waals surface area contributed by atoms with E-state index >= 15 is 0 Å². The number of hydrogen-bond acceptors (Lipinski definition) is 7. The van der Waals surface area contributed by atoms with Crippen molar-refractivity contribution in [3.63, 3.8) is 0 Å². The number of ether oxygens (including phenoxy) is 3. The number of nitrogens with zero attached hydrogens (tertiary/aromatic N) is 3. The zero-order chi connectivity index (χ0) is 29.2. The fourth-order valence-corrected chi connectivity index (χ4v) is 9.29. The number of fused-ring (bicyclic) bond motifs is 2. The lowest BCUT2D eigenvalue weighted by Gasteiger charge is -2.51. The molecule has 6 fully saturated rings. The van der Waals surface area contributed by atoms with Gasteiger partial charge in [-0.15, -0.1) is 0 Å². The van der Waals surface area contributed by atoms with E-state index in [-0.39, 0.29) is 36.4 Å². The minimum Gasteiger partial charge on any atom is -0.379 e. The second-order valence-electron chi connectivity index (χ2n) is 14.2. The normalized spacial score (nSPS) is 38.7. The summed E-state index contributed by atoms with van der Waals surface area (Å²) in [5.74, 6) is 1.21. The van der Waals surface area contributed by atoms with E-state index in [0.717, 1.165) is 97.3 Å². The zero-order valence-electron chi connectivity index (χ0n) is 25.9. The summed E-state index contributed by atoms with van der Waals surface area (Å²) in [6.45, 7) is 6.89. The van der Waals surface area contributed by atoms with Gasteiger partial charge in [-0.3, -0.25) is 15.0 Å². The van der Waals surface area contributed by atoms with Crippen molar-refractivity contribution in [3.05, 3.63) is 11.6 Å². The second-order valence-corrected chi connectivity index (χ2v) is 14.2. The molecule has 0 bridgehead atoms. The average Bonchev–Trinajstić information content (AvgIpc) is 3.70. The molecule has 10 nitrogen and oxygen atoms in total. The smallest absolute Gasteiger partial charge is 0.317 e. The molecule has 0 radical (unpaired) electrons. The Kier molecular flexibility index (Phi) is 9.57. The van der Waals surface area contributed by atoms with Gasteiger partial charge in [0.05, 0.1) is 31.6 Å². The molecule has 0 aromatic carbocycles. The molecular weight excluding hydrogens is 546 g/mol. The van der Waals surface area contributed by atoms with Gasteiger partial charge in [-0.1, -0.05) is 18.1 Å².